The Morgan fingerprint density at radius 2 is 1.80 bits per heavy atom. The Morgan fingerprint density at radius 3 is 2.32 bits per heavy atom. The molecule has 1 aromatic rings. The molecule has 0 saturated carbocycles. The second-order valence-electron chi connectivity index (χ2n) is 7.32. The third kappa shape index (κ3) is 5.38. The fourth-order valence-corrected chi connectivity index (χ4v) is 3.36. The van der Waals surface area contributed by atoms with Crippen LogP contribution >= 0.6 is 0 Å². The average Bonchev–Trinajstić information content (AvgIpc) is 2.61. The van der Waals surface area contributed by atoms with Gasteiger partial charge in [0.25, 0.3) is 0 Å². The van der Waals surface area contributed by atoms with Gasteiger partial charge in [-0.1, -0.05) is 38.1 Å². The van der Waals surface area contributed by atoms with E-state index >= 15 is 0 Å². The molecule has 0 aliphatic carbocycles. The SMILES string of the molecule is COCC(N)C(=O)N1CCC(C(=O)c2ccc(CC(C)C)cc2)CC1. The summed E-state index contributed by atoms with van der Waals surface area (Å²) in [5, 5.41) is 0. The number of carbonyl (C=O) groups is 2. The van der Waals surface area contributed by atoms with Crippen LogP contribution in [0.25, 0.3) is 0 Å². The smallest absolute Gasteiger partial charge is 0.241 e. The third-order valence-electron chi connectivity index (χ3n) is 4.72. The number of nitrogens with two attached hydrogens (primary N) is 1. The summed E-state index contributed by atoms with van der Waals surface area (Å²) in [5.74, 6) is 0.682. The summed E-state index contributed by atoms with van der Waals surface area (Å²) < 4.78 is 4.94. The normalized spacial score (nSPS) is 16.9. The molecule has 0 spiro atoms. The van der Waals surface area contributed by atoms with Gasteiger partial charge in [-0.3, -0.25) is 9.59 Å². The molecule has 5 nitrogen and oxygen atoms in total. The number of amides is 1. The van der Waals surface area contributed by atoms with Crippen molar-refractivity contribution >= 4 is 11.7 Å². The van der Waals surface area contributed by atoms with E-state index in [0.717, 1.165) is 12.0 Å². The molecule has 1 atom stereocenters. The van der Waals surface area contributed by atoms with E-state index in [-0.39, 0.29) is 24.2 Å². The van der Waals surface area contributed by atoms with Gasteiger partial charge in [0.05, 0.1) is 6.61 Å². The highest BCUT2D eigenvalue weighted by atomic mass is 16.5. The number of hydrogen-bond acceptors (Lipinski definition) is 4. The van der Waals surface area contributed by atoms with E-state index in [1.165, 1.54) is 12.7 Å². The number of likely N-dealkylation sites (tertiary alicyclic amines) is 1. The van der Waals surface area contributed by atoms with Gasteiger partial charge in [-0.2, -0.15) is 0 Å². The number of hydrogen-bond donors (Lipinski definition) is 1. The summed E-state index contributed by atoms with van der Waals surface area (Å²) in [5.41, 5.74) is 7.84. The highest BCUT2D eigenvalue weighted by Crippen LogP contribution is 2.23. The Balaban J connectivity index is 1.89. The van der Waals surface area contributed by atoms with Crippen LogP contribution in [0.15, 0.2) is 24.3 Å². The van der Waals surface area contributed by atoms with Crippen molar-refractivity contribution in [1.29, 1.82) is 0 Å². The first kappa shape index (κ1) is 19.6. The molecule has 5 heteroatoms. The van der Waals surface area contributed by atoms with Crippen molar-refractivity contribution in [2.75, 3.05) is 26.8 Å². The van der Waals surface area contributed by atoms with Crippen LogP contribution in [0.4, 0.5) is 0 Å². The molecule has 2 N–H and O–H groups in total. The zero-order valence-electron chi connectivity index (χ0n) is 15.5. The molecule has 1 saturated heterocycles. The minimum atomic E-state index is -0.620. The van der Waals surface area contributed by atoms with E-state index in [4.69, 9.17) is 10.5 Å². The van der Waals surface area contributed by atoms with Gasteiger partial charge < -0.3 is 15.4 Å². The number of piperidine rings is 1. The molecule has 0 aromatic heterocycles. The lowest BCUT2D eigenvalue weighted by Gasteiger charge is -2.32. The van der Waals surface area contributed by atoms with Crippen LogP contribution in [0.2, 0.25) is 0 Å². The number of ether oxygens (including phenoxy) is 1. The highest BCUT2D eigenvalue weighted by Gasteiger charge is 2.29. The van der Waals surface area contributed by atoms with Crippen LogP contribution in [-0.4, -0.2) is 49.4 Å². The number of methoxy groups -OCH3 is 1. The van der Waals surface area contributed by atoms with Crippen molar-refractivity contribution < 1.29 is 14.3 Å². The fraction of sp³-hybridized carbons (Fsp3) is 0.600. The molecule has 0 bridgehead atoms. The van der Waals surface area contributed by atoms with Gasteiger partial charge in [-0.15, -0.1) is 0 Å². The zero-order chi connectivity index (χ0) is 18.4. The first-order valence-corrected chi connectivity index (χ1v) is 9.08. The van der Waals surface area contributed by atoms with Gasteiger partial charge in [0.2, 0.25) is 5.91 Å². The summed E-state index contributed by atoms with van der Waals surface area (Å²) in [6.07, 6.45) is 2.41. The van der Waals surface area contributed by atoms with Crippen molar-refractivity contribution in [1.82, 2.24) is 4.90 Å². The fourth-order valence-electron chi connectivity index (χ4n) is 3.36. The van der Waals surface area contributed by atoms with Gasteiger partial charge in [-0.25, -0.2) is 0 Å². The minimum Gasteiger partial charge on any atom is -0.383 e. The van der Waals surface area contributed by atoms with Crippen LogP contribution < -0.4 is 5.73 Å². The predicted molar refractivity (Wildman–Crippen MR) is 98.5 cm³/mol. The number of nitrogens with zero attached hydrogens (tertiary/aromatic N) is 1. The van der Waals surface area contributed by atoms with Gasteiger partial charge in [-0.05, 0) is 30.7 Å². The zero-order valence-corrected chi connectivity index (χ0v) is 15.5. The van der Waals surface area contributed by atoms with E-state index in [1.54, 1.807) is 4.90 Å². The van der Waals surface area contributed by atoms with E-state index < -0.39 is 6.04 Å². The van der Waals surface area contributed by atoms with Crippen molar-refractivity contribution in [3.05, 3.63) is 35.4 Å². The molecule has 1 fully saturated rings. The molecule has 25 heavy (non-hydrogen) atoms. The number of Topliss-reactive ketones (excluding diaryl/α,β-unsaturated/α-hetero) is 1. The Labute approximate surface area is 150 Å². The molecule has 1 heterocycles. The summed E-state index contributed by atoms with van der Waals surface area (Å²) >= 11 is 0. The van der Waals surface area contributed by atoms with Crippen molar-refractivity contribution in [3.63, 3.8) is 0 Å². The number of benzene rings is 1. The Hall–Kier alpha value is -1.72. The Bertz CT molecular complexity index is 575. The Kier molecular flexibility index (Phi) is 7.14. The summed E-state index contributed by atoms with van der Waals surface area (Å²) in [6.45, 7) is 5.76. The number of carbonyl (C=O) groups excluding carboxylic acids is 2. The molecule has 0 radical (unpaired) electrons. The van der Waals surface area contributed by atoms with Gasteiger partial charge in [0.15, 0.2) is 5.78 Å². The first-order valence-electron chi connectivity index (χ1n) is 9.08. The average molecular weight is 346 g/mol. The quantitative estimate of drug-likeness (QED) is 0.769. The second-order valence-corrected chi connectivity index (χ2v) is 7.32. The largest absolute Gasteiger partial charge is 0.383 e. The minimum absolute atomic E-state index is 0.0151. The van der Waals surface area contributed by atoms with E-state index in [9.17, 15) is 9.59 Å². The number of ketones is 1. The van der Waals surface area contributed by atoms with Crippen LogP contribution in [0.1, 0.15) is 42.6 Å². The van der Waals surface area contributed by atoms with Gasteiger partial charge >= 0.3 is 0 Å². The molecule has 1 aromatic carbocycles. The Morgan fingerprint density at radius 1 is 1.20 bits per heavy atom. The molecular formula is C20H30N2O3. The van der Waals surface area contributed by atoms with Crippen molar-refractivity contribution in [3.8, 4) is 0 Å². The lowest BCUT2D eigenvalue weighted by atomic mass is 9.88. The maximum atomic E-state index is 12.7. The van der Waals surface area contributed by atoms with Crippen LogP contribution in [0.5, 0.6) is 0 Å². The lowest BCUT2D eigenvalue weighted by Crippen LogP contribution is -2.49. The topological polar surface area (TPSA) is 72.6 Å². The molecule has 1 aliphatic rings. The van der Waals surface area contributed by atoms with Gasteiger partial charge in [0.1, 0.15) is 6.04 Å². The summed E-state index contributed by atoms with van der Waals surface area (Å²) in [4.78, 5) is 26.6. The maximum absolute atomic E-state index is 12.7. The molecular weight excluding hydrogens is 316 g/mol. The molecule has 2 rings (SSSR count). The molecule has 1 aliphatic heterocycles. The summed E-state index contributed by atoms with van der Waals surface area (Å²) in [7, 11) is 1.53. The van der Waals surface area contributed by atoms with Crippen molar-refractivity contribution in [2.24, 2.45) is 17.6 Å². The molecule has 1 amide bonds. The molecule has 1 unspecified atom stereocenters. The number of rotatable bonds is 7. The second kappa shape index (κ2) is 9.11. The maximum Gasteiger partial charge on any atom is 0.241 e. The van der Waals surface area contributed by atoms with Crippen LogP contribution in [0, 0.1) is 11.8 Å². The lowest BCUT2D eigenvalue weighted by molar-refractivity contribution is -0.135. The standard InChI is InChI=1S/C20H30N2O3/c1-14(2)12-15-4-6-16(7-5-15)19(23)17-8-10-22(11-9-17)20(24)18(21)13-25-3/h4-7,14,17-18H,8-13,21H2,1-3H3. The third-order valence-corrected chi connectivity index (χ3v) is 4.72. The highest BCUT2D eigenvalue weighted by molar-refractivity contribution is 5.98. The monoisotopic (exact) mass is 346 g/mol. The van der Waals surface area contributed by atoms with Crippen LogP contribution in [0.3, 0.4) is 0 Å². The predicted octanol–water partition coefficient (Wildman–Crippen LogP) is 2.28. The van der Waals surface area contributed by atoms with Crippen molar-refractivity contribution in [2.45, 2.75) is 39.2 Å². The van der Waals surface area contributed by atoms with Gasteiger partial charge in [0, 0.05) is 31.7 Å². The molecule has 138 valence electrons. The van der Waals surface area contributed by atoms with E-state index in [0.29, 0.717) is 31.8 Å². The first-order chi connectivity index (χ1) is 11.9. The van der Waals surface area contributed by atoms with Crippen LogP contribution in [-0.2, 0) is 16.0 Å². The summed E-state index contributed by atoms with van der Waals surface area (Å²) in [6, 6.07) is 7.36. The van der Waals surface area contributed by atoms with E-state index in [1.807, 2.05) is 12.1 Å². The van der Waals surface area contributed by atoms with E-state index in [2.05, 4.69) is 26.0 Å².